The summed E-state index contributed by atoms with van der Waals surface area (Å²) in [6.07, 6.45) is -3.49. The van der Waals surface area contributed by atoms with Gasteiger partial charge >= 0.3 is 6.18 Å². The Morgan fingerprint density at radius 2 is 2.07 bits per heavy atom. The number of phenols is 1. The zero-order valence-corrected chi connectivity index (χ0v) is 14.5. The van der Waals surface area contributed by atoms with E-state index >= 15 is 0 Å². The topological polar surface area (TPSA) is 97.0 Å². The molecule has 2 aromatic carbocycles. The minimum absolute atomic E-state index is 0.00270. The van der Waals surface area contributed by atoms with E-state index in [9.17, 15) is 28.4 Å². The highest BCUT2D eigenvalue weighted by Gasteiger charge is 2.33. The number of halogens is 4. The number of nitrogens with one attached hydrogen (secondary N) is 1. The number of ether oxygens (including phenoxy) is 1. The molecule has 0 aliphatic carbocycles. The van der Waals surface area contributed by atoms with Crippen LogP contribution in [-0.2, 0) is 6.18 Å². The summed E-state index contributed by atoms with van der Waals surface area (Å²) in [5.41, 5.74) is 0.570. The fourth-order valence-corrected chi connectivity index (χ4v) is 2.28. The van der Waals surface area contributed by atoms with Crippen LogP contribution in [0.15, 0.2) is 35.4 Å². The Balaban J connectivity index is 2.27. The molecule has 2 rings (SSSR count). The van der Waals surface area contributed by atoms with E-state index in [1.54, 1.807) is 6.92 Å². The van der Waals surface area contributed by atoms with E-state index in [1.165, 1.54) is 18.3 Å². The zero-order valence-electron chi connectivity index (χ0n) is 13.7. The van der Waals surface area contributed by atoms with Crippen LogP contribution in [0.4, 0.5) is 24.5 Å². The second-order valence-corrected chi connectivity index (χ2v) is 5.55. The number of nitro benzene ring substituents is 1. The third-order valence-corrected chi connectivity index (χ3v) is 3.56. The van der Waals surface area contributed by atoms with Crippen LogP contribution in [0.2, 0.25) is 5.02 Å². The first kappa shape index (κ1) is 20.3. The van der Waals surface area contributed by atoms with E-state index in [-0.39, 0.29) is 28.8 Å². The van der Waals surface area contributed by atoms with Crippen molar-refractivity contribution in [3.05, 3.63) is 56.6 Å². The zero-order chi connectivity index (χ0) is 20.2. The molecule has 2 N–H and O–H groups in total. The summed E-state index contributed by atoms with van der Waals surface area (Å²) >= 11 is 5.87. The SMILES string of the molecule is CCOc1cc(/C=N\Nc2ccc(C(F)(F)F)cc2[N+](=O)[O-])cc(Cl)c1O. The lowest BCUT2D eigenvalue weighted by molar-refractivity contribution is -0.384. The van der Waals surface area contributed by atoms with Crippen molar-refractivity contribution in [1.29, 1.82) is 0 Å². The van der Waals surface area contributed by atoms with Crippen LogP contribution in [0, 0.1) is 10.1 Å². The van der Waals surface area contributed by atoms with E-state index in [0.29, 0.717) is 17.7 Å². The Morgan fingerprint density at radius 3 is 2.67 bits per heavy atom. The molecule has 0 spiro atoms. The molecule has 0 saturated heterocycles. The molecule has 0 unspecified atom stereocenters. The Kier molecular flexibility index (Phi) is 6.11. The minimum atomic E-state index is -4.70. The van der Waals surface area contributed by atoms with Crippen LogP contribution in [0.1, 0.15) is 18.1 Å². The summed E-state index contributed by atoms with van der Waals surface area (Å²) in [6.45, 7) is 1.99. The molecule has 27 heavy (non-hydrogen) atoms. The van der Waals surface area contributed by atoms with Crippen LogP contribution >= 0.6 is 11.6 Å². The first-order valence-electron chi connectivity index (χ1n) is 7.43. The van der Waals surface area contributed by atoms with Crippen molar-refractivity contribution in [2.75, 3.05) is 12.0 Å². The van der Waals surface area contributed by atoms with Gasteiger partial charge < -0.3 is 9.84 Å². The molecule has 144 valence electrons. The predicted molar refractivity (Wildman–Crippen MR) is 93.6 cm³/mol. The quantitative estimate of drug-likeness (QED) is 0.409. The van der Waals surface area contributed by atoms with Crippen molar-refractivity contribution in [1.82, 2.24) is 0 Å². The van der Waals surface area contributed by atoms with Gasteiger partial charge in [0.05, 0.1) is 28.3 Å². The fraction of sp³-hybridized carbons (Fsp3) is 0.188. The highest BCUT2D eigenvalue weighted by atomic mass is 35.5. The van der Waals surface area contributed by atoms with Crippen molar-refractivity contribution in [3.8, 4) is 11.5 Å². The lowest BCUT2D eigenvalue weighted by Gasteiger charge is -2.09. The van der Waals surface area contributed by atoms with Crippen molar-refractivity contribution >= 4 is 29.2 Å². The third-order valence-electron chi connectivity index (χ3n) is 3.27. The highest BCUT2D eigenvalue weighted by Crippen LogP contribution is 2.36. The average Bonchev–Trinajstić information content (AvgIpc) is 2.58. The molecule has 0 radical (unpaired) electrons. The summed E-state index contributed by atoms with van der Waals surface area (Å²) in [6, 6.07) is 4.83. The van der Waals surface area contributed by atoms with Crippen molar-refractivity contribution < 1.29 is 27.9 Å². The van der Waals surface area contributed by atoms with Gasteiger partial charge in [-0.2, -0.15) is 18.3 Å². The number of benzene rings is 2. The summed E-state index contributed by atoms with van der Waals surface area (Å²) in [4.78, 5) is 10.1. The van der Waals surface area contributed by atoms with Crippen LogP contribution < -0.4 is 10.2 Å². The highest BCUT2D eigenvalue weighted by molar-refractivity contribution is 6.32. The van der Waals surface area contributed by atoms with E-state index in [2.05, 4.69) is 10.5 Å². The maximum Gasteiger partial charge on any atom is 0.416 e. The van der Waals surface area contributed by atoms with Gasteiger partial charge in [-0.25, -0.2) is 0 Å². The van der Waals surface area contributed by atoms with Gasteiger partial charge in [-0.15, -0.1) is 0 Å². The van der Waals surface area contributed by atoms with Gasteiger partial charge in [0, 0.05) is 6.07 Å². The first-order chi connectivity index (χ1) is 12.6. The molecule has 0 aliphatic heterocycles. The van der Waals surface area contributed by atoms with Gasteiger partial charge in [-0.1, -0.05) is 11.6 Å². The summed E-state index contributed by atoms with van der Waals surface area (Å²) in [7, 11) is 0. The normalized spacial score (nSPS) is 11.6. The molecule has 11 heteroatoms. The fourth-order valence-electron chi connectivity index (χ4n) is 2.06. The molecule has 0 aliphatic rings. The van der Waals surface area contributed by atoms with Gasteiger partial charge in [0.25, 0.3) is 5.69 Å². The molecule has 0 heterocycles. The largest absolute Gasteiger partial charge is 0.503 e. The molecule has 2 aromatic rings. The minimum Gasteiger partial charge on any atom is -0.503 e. The standard InChI is InChI=1S/C16H13ClF3N3O4/c1-2-27-14-6-9(5-11(17)15(14)24)8-21-22-12-4-3-10(16(18,19)20)7-13(12)23(25)26/h3-8,22,24H,2H2,1H3/b21-8-. The number of nitro groups is 1. The van der Waals surface area contributed by atoms with Gasteiger partial charge in [-0.05, 0) is 36.8 Å². The molecular weight excluding hydrogens is 391 g/mol. The van der Waals surface area contributed by atoms with Gasteiger partial charge in [0.15, 0.2) is 11.5 Å². The Morgan fingerprint density at radius 1 is 1.37 bits per heavy atom. The van der Waals surface area contributed by atoms with E-state index < -0.39 is 22.4 Å². The number of alkyl halides is 3. The smallest absolute Gasteiger partial charge is 0.416 e. The van der Waals surface area contributed by atoms with E-state index in [0.717, 1.165) is 6.07 Å². The Hall–Kier alpha value is -3.01. The number of rotatable bonds is 6. The number of nitrogens with zero attached hydrogens (tertiary/aromatic N) is 2. The molecule has 0 atom stereocenters. The lowest BCUT2D eigenvalue weighted by Crippen LogP contribution is -2.06. The van der Waals surface area contributed by atoms with E-state index in [4.69, 9.17) is 16.3 Å². The monoisotopic (exact) mass is 403 g/mol. The Labute approximate surface area is 156 Å². The number of phenolic OH excluding ortho intramolecular Hbond substituents is 1. The average molecular weight is 404 g/mol. The molecule has 7 nitrogen and oxygen atoms in total. The lowest BCUT2D eigenvalue weighted by atomic mass is 10.1. The molecule has 0 bridgehead atoms. The van der Waals surface area contributed by atoms with Crippen LogP contribution in [-0.4, -0.2) is 22.9 Å². The summed E-state index contributed by atoms with van der Waals surface area (Å²) < 4.78 is 43.3. The van der Waals surface area contributed by atoms with E-state index in [1.807, 2.05) is 0 Å². The maximum atomic E-state index is 12.7. The number of aromatic hydroxyl groups is 1. The number of hydrogen-bond donors (Lipinski definition) is 2. The summed E-state index contributed by atoms with van der Waals surface area (Å²) in [5.74, 6) is -0.131. The van der Waals surface area contributed by atoms with Crippen LogP contribution in [0.3, 0.4) is 0 Å². The van der Waals surface area contributed by atoms with Gasteiger partial charge in [-0.3, -0.25) is 15.5 Å². The van der Waals surface area contributed by atoms with Gasteiger partial charge in [0.2, 0.25) is 0 Å². The molecule has 0 aromatic heterocycles. The van der Waals surface area contributed by atoms with Crippen LogP contribution in [0.5, 0.6) is 11.5 Å². The Bertz CT molecular complexity index is 888. The molecule has 0 saturated carbocycles. The molecule has 0 amide bonds. The number of hydrazone groups is 1. The predicted octanol–water partition coefficient (Wildman–Crippen LogP) is 4.82. The molecule has 0 fully saturated rings. The van der Waals surface area contributed by atoms with Crippen molar-refractivity contribution in [2.45, 2.75) is 13.1 Å². The maximum absolute atomic E-state index is 12.7. The number of hydrogen-bond acceptors (Lipinski definition) is 6. The van der Waals surface area contributed by atoms with Crippen molar-refractivity contribution in [2.24, 2.45) is 5.10 Å². The number of anilines is 1. The third kappa shape index (κ3) is 5.00. The first-order valence-corrected chi connectivity index (χ1v) is 7.81. The molecular formula is C16H13ClF3N3O4. The van der Waals surface area contributed by atoms with Crippen molar-refractivity contribution in [3.63, 3.8) is 0 Å². The van der Waals surface area contributed by atoms with Gasteiger partial charge in [0.1, 0.15) is 5.69 Å². The van der Waals surface area contributed by atoms with Crippen LogP contribution in [0.25, 0.3) is 0 Å². The second-order valence-electron chi connectivity index (χ2n) is 5.14. The second kappa shape index (κ2) is 8.12. The summed E-state index contributed by atoms with van der Waals surface area (Å²) in [5, 5.41) is 24.5.